The molecule has 16 heavy (non-hydrogen) atoms. The number of aliphatic hydroxyl groups excluding tert-OH is 1. The molecule has 0 saturated heterocycles. The fraction of sp³-hybridized carbons (Fsp3) is 1.00. The van der Waals surface area contributed by atoms with Gasteiger partial charge < -0.3 is 15.2 Å². The van der Waals surface area contributed by atoms with Crippen molar-refractivity contribution in [1.82, 2.24) is 5.32 Å². The van der Waals surface area contributed by atoms with Crippen molar-refractivity contribution in [3.05, 3.63) is 0 Å². The molecular weight excluding hydrogens is 202 g/mol. The molecule has 0 aromatic heterocycles. The maximum Gasteiger partial charge on any atom is 0.0897 e. The van der Waals surface area contributed by atoms with E-state index in [4.69, 9.17) is 4.74 Å². The van der Waals surface area contributed by atoms with E-state index in [0.717, 1.165) is 26.0 Å². The summed E-state index contributed by atoms with van der Waals surface area (Å²) in [7, 11) is 0. The van der Waals surface area contributed by atoms with E-state index in [1.165, 1.54) is 0 Å². The zero-order valence-electron chi connectivity index (χ0n) is 11.3. The van der Waals surface area contributed by atoms with E-state index in [0.29, 0.717) is 25.0 Å². The Balaban J connectivity index is 3.33. The lowest BCUT2D eigenvalue weighted by Crippen LogP contribution is -2.34. The first-order chi connectivity index (χ1) is 7.57. The van der Waals surface area contributed by atoms with Crippen LogP contribution < -0.4 is 5.32 Å². The van der Waals surface area contributed by atoms with Gasteiger partial charge in [0, 0.05) is 13.2 Å². The van der Waals surface area contributed by atoms with Crippen LogP contribution in [-0.2, 0) is 4.74 Å². The third-order valence-electron chi connectivity index (χ3n) is 2.94. The second-order valence-corrected chi connectivity index (χ2v) is 4.96. The molecule has 0 aliphatic rings. The van der Waals surface area contributed by atoms with Crippen molar-refractivity contribution in [2.75, 3.05) is 26.3 Å². The largest absolute Gasteiger partial charge is 0.389 e. The number of nitrogens with one attached hydrogen (secondary N) is 1. The minimum atomic E-state index is -0.379. The number of unbranched alkanes of at least 4 members (excludes halogenated alkanes) is 1. The van der Waals surface area contributed by atoms with Crippen LogP contribution in [0.2, 0.25) is 0 Å². The van der Waals surface area contributed by atoms with Crippen molar-refractivity contribution in [3.63, 3.8) is 0 Å². The maximum atomic E-state index is 9.61. The predicted molar refractivity (Wildman–Crippen MR) is 68.6 cm³/mol. The van der Waals surface area contributed by atoms with E-state index in [1.807, 2.05) is 0 Å². The Morgan fingerprint density at radius 1 is 1.19 bits per heavy atom. The Morgan fingerprint density at radius 3 is 2.44 bits per heavy atom. The molecule has 0 aromatic rings. The van der Waals surface area contributed by atoms with E-state index in [-0.39, 0.29) is 6.10 Å². The van der Waals surface area contributed by atoms with Gasteiger partial charge in [0.2, 0.25) is 0 Å². The Bertz CT molecular complexity index is 151. The van der Waals surface area contributed by atoms with Gasteiger partial charge in [0.15, 0.2) is 0 Å². The van der Waals surface area contributed by atoms with Crippen LogP contribution >= 0.6 is 0 Å². The van der Waals surface area contributed by atoms with Gasteiger partial charge >= 0.3 is 0 Å². The van der Waals surface area contributed by atoms with Gasteiger partial charge in [-0.05, 0) is 24.8 Å². The van der Waals surface area contributed by atoms with Gasteiger partial charge in [-0.3, -0.25) is 0 Å². The molecule has 0 aromatic carbocycles. The normalized spacial score (nSPS) is 15.4. The van der Waals surface area contributed by atoms with Crippen molar-refractivity contribution in [1.29, 1.82) is 0 Å². The molecule has 0 heterocycles. The standard InChI is InChI=1S/C13H29NO2/c1-5-6-7-16-10-13(15)9-14-8-12(4)11(2)3/h11-15H,5-10H2,1-4H3. The van der Waals surface area contributed by atoms with Crippen LogP contribution in [0.3, 0.4) is 0 Å². The Hall–Kier alpha value is -0.120. The molecule has 0 bridgehead atoms. The lowest BCUT2D eigenvalue weighted by molar-refractivity contribution is 0.0354. The van der Waals surface area contributed by atoms with E-state index in [1.54, 1.807) is 0 Å². The summed E-state index contributed by atoms with van der Waals surface area (Å²) in [6.45, 7) is 11.6. The molecule has 0 radical (unpaired) electrons. The summed E-state index contributed by atoms with van der Waals surface area (Å²) in [6.07, 6.45) is 1.83. The summed E-state index contributed by atoms with van der Waals surface area (Å²) in [4.78, 5) is 0. The second kappa shape index (κ2) is 10.1. The summed E-state index contributed by atoms with van der Waals surface area (Å²) in [5.74, 6) is 1.33. The molecule has 0 spiro atoms. The summed E-state index contributed by atoms with van der Waals surface area (Å²) in [6, 6.07) is 0. The monoisotopic (exact) mass is 231 g/mol. The molecule has 3 heteroatoms. The Morgan fingerprint density at radius 2 is 1.88 bits per heavy atom. The van der Waals surface area contributed by atoms with Crippen molar-refractivity contribution < 1.29 is 9.84 Å². The van der Waals surface area contributed by atoms with Crippen molar-refractivity contribution in [2.24, 2.45) is 11.8 Å². The topological polar surface area (TPSA) is 41.5 Å². The van der Waals surface area contributed by atoms with E-state index >= 15 is 0 Å². The molecule has 0 rings (SSSR count). The van der Waals surface area contributed by atoms with E-state index < -0.39 is 0 Å². The van der Waals surface area contributed by atoms with Crippen LogP contribution in [0.25, 0.3) is 0 Å². The van der Waals surface area contributed by atoms with Crippen molar-refractivity contribution in [2.45, 2.75) is 46.6 Å². The molecule has 0 amide bonds. The fourth-order valence-electron chi connectivity index (χ4n) is 1.24. The van der Waals surface area contributed by atoms with Crippen LogP contribution in [0.5, 0.6) is 0 Å². The molecule has 2 atom stereocenters. The van der Waals surface area contributed by atoms with Gasteiger partial charge in [-0.2, -0.15) is 0 Å². The van der Waals surface area contributed by atoms with Crippen molar-refractivity contribution >= 4 is 0 Å². The quantitative estimate of drug-likeness (QED) is 0.565. The van der Waals surface area contributed by atoms with E-state index in [9.17, 15) is 5.11 Å². The molecular formula is C13H29NO2. The number of hydrogen-bond donors (Lipinski definition) is 2. The average Bonchev–Trinajstić information content (AvgIpc) is 2.24. The van der Waals surface area contributed by atoms with Gasteiger partial charge in [0.1, 0.15) is 0 Å². The van der Waals surface area contributed by atoms with Gasteiger partial charge in [0.05, 0.1) is 12.7 Å². The van der Waals surface area contributed by atoms with Crippen LogP contribution in [0.4, 0.5) is 0 Å². The van der Waals surface area contributed by atoms with Crippen LogP contribution in [0.15, 0.2) is 0 Å². The predicted octanol–water partition coefficient (Wildman–Crippen LogP) is 2.05. The van der Waals surface area contributed by atoms with Crippen LogP contribution in [-0.4, -0.2) is 37.5 Å². The van der Waals surface area contributed by atoms with Gasteiger partial charge in [-0.1, -0.05) is 34.1 Å². The van der Waals surface area contributed by atoms with E-state index in [2.05, 4.69) is 33.0 Å². The number of hydrogen-bond acceptors (Lipinski definition) is 3. The number of ether oxygens (including phenoxy) is 1. The van der Waals surface area contributed by atoms with Gasteiger partial charge in [-0.25, -0.2) is 0 Å². The summed E-state index contributed by atoms with van der Waals surface area (Å²) in [5, 5.41) is 12.9. The molecule has 2 N–H and O–H groups in total. The summed E-state index contributed by atoms with van der Waals surface area (Å²) in [5.41, 5.74) is 0. The fourth-order valence-corrected chi connectivity index (χ4v) is 1.24. The Kier molecular flexibility index (Phi) is 9.99. The first-order valence-electron chi connectivity index (χ1n) is 6.54. The third-order valence-corrected chi connectivity index (χ3v) is 2.94. The molecule has 0 saturated carbocycles. The minimum absolute atomic E-state index is 0.379. The zero-order valence-corrected chi connectivity index (χ0v) is 11.3. The molecule has 3 nitrogen and oxygen atoms in total. The van der Waals surface area contributed by atoms with Crippen LogP contribution in [0, 0.1) is 11.8 Å². The molecule has 98 valence electrons. The number of aliphatic hydroxyl groups is 1. The molecule has 0 aliphatic heterocycles. The highest BCUT2D eigenvalue weighted by Gasteiger charge is 2.08. The average molecular weight is 231 g/mol. The lowest BCUT2D eigenvalue weighted by atomic mass is 9.98. The highest BCUT2D eigenvalue weighted by Crippen LogP contribution is 2.07. The van der Waals surface area contributed by atoms with Crippen LogP contribution in [0.1, 0.15) is 40.5 Å². The smallest absolute Gasteiger partial charge is 0.0897 e. The molecule has 0 fully saturated rings. The first kappa shape index (κ1) is 15.9. The molecule has 2 unspecified atom stereocenters. The third kappa shape index (κ3) is 9.13. The first-order valence-corrected chi connectivity index (χ1v) is 6.54. The highest BCUT2D eigenvalue weighted by atomic mass is 16.5. The summed E-state index contributed by atoms with van der Waals surface area (Å²) >= 11 is 0. The highest BCUT2D eigenvalue weighted by molar-refractivity contribution is 4.63. The van der Waals surface area contributed by atoms with Gasteiger partial charge in [0.25, 0.3) is 0 Å². The maximum absolute atomic E-state index is 9.61. The second-order valence-electron chi connectivity index (χ2n) is 4.96. The number of rotatable bonds is 10. The van der Waals surface area contributed by atoms with Gasteiger partial charge in [-0.15, -0.1) is 0 Å². The minimum Gasteiger partial charge on any atom is -0.389 e. The Labute approximate surface area is 101 Å². The lowest BCUT2D eigenvalue weighted by Gasteiger charge is -2.18. The summed E-state index contributed by atoms with van der Waals surface area (Å²) < 4.78 is 5.35. The zero-order chi connectivity index (χ0) is 12.4. The SMILES string of the molecule is CCCCOCC(O)CNCC(C)C(C)C. The van der Waals surface area contributed by atoms with Crippen molar-refractivity contribution in [3.8, 4) is 0 Å². The molecule has 0 aliphatic carbocycles.